The molecular weight excluding hydrogens is 330 g/mol. The van der Waals surface area contributed by atoms with Gasteiger partial charge in [-0.3, -0.25) is 0 Å². The molecule has 3 rings (SSSR count). The molecular formula is C20H21N3O3. The fourth-order valence-electron chi connectivity index (χ4n) is 2.77. The number of imidazole rings is 1. The first kappa shape index (κ1) is 17.5. The highest BCUT2D eigenvalue weighted by Crippen LogP contribution is 2.20. The summed E-state index contributed by atoms with van der Waals surface area (Å²) in [5.41, 5.74) is 2.11. The molecule has 0 radical (unpaired) electrons. The van der Waals surface area contributed by atoms with Gasteiger partial charge in [0, 0.05) is 25.9 Å². The Morgan fingerprint density at radius 3 is 2.50 bits per heavy atom. The van der Waals surface area contributed by atoms with Crippen LogP contribution in [-0.2, 0) is 20.1 Å². The zero-order valence-corrected chi connectivity index (χ0v) is 14.5. The molecule has 2 N–H and O–H groups in total. The van der Waals surface area contributed by atoms with Crippen LogP contribution in [0.4, 0.5) is 4.79 Å². The van der Waals surface area contributed by atoms with E-state index in [-0.39, 0.29) is 0 Å². The molecule has 26 heavy (non-hydrogen) atoms. The van der Waals surface area contributed by atoms with Crippen molar-refractivity contribution < 1.29 is 14.6 Å². The Bertz CT molecular complexity index is 844. The minimum atomic E-state index is -1.07. The van der Waals surface area contributed by atoms with Crippen molar-refractivity contribution in [3.63, 3.8) is 0 Å². The second-order valence-electron chi connectivity index (χ2n) is 6.02. The number of benzene rings is 2. The number of hydrogen-bond acceptors (Lipinski definition) is 3. The molecule has 0 saturated carbocycles. The number of nitrogens with one attached hydrogen (secondary N) is 1. The van der Waals surface area contributed by atoms with Crippen LogP contribution in [0.25, 0.3) is 0 Å². The zero-order valence-electron chi connectivity index (χ0n) is 14.5. The lowest BCUT2D eigenvalue weighted by molar-refractivity contribution is 0.189. The number of carbonyl (C=O) groups is 1. The van der Waals surface area contributed by atoms with Crippen molar-refractivity contribution in [3.8, 4) is 5.75 Å². The van der Waals surface area contributed by atoms with Gasteiger partial charge in [-0.25, -0.2) is 9.78 Å². The molecule has 0 aliphatic rings. The maximum atomic E-state index is 11.1. The van der Waals surface area contributed by atoms with Crippen LogP contribution in [-0.4, -0.2) is 20.8 Å². The number of carboxylic acid groups (broad SMARTS) is 1. The molecule has 6 nitrogen and oxygen atoms in total. The maximum absolute atomic E-state index is 11.1. The van der Waals surface area contributed by atoms with Gasteiger partial charge in [0.1, 0.15) is 18.2 Å². The van der Waals surface area contributed by atoms with Crippen LogP contribution in [0.3, 0.4) is 0 Å². The van der Waals surface area contributed by atoms with E-state index >= 15 is 0 Å². The van der Waals surface area contributed by atoms with Crippen molar-refractivity contribution >= 4 is 6.09 Å². The molecule has 1 heterocycles. The highest BCUT2D eigenvalue weighted by molar-refractivity contribution is 5.65. The van der Waals surface area contributed by atoms with Crippen molar-refractivity contribution in [3.05, 3.63) is 83.9 Å². The second kappa shape index (κ2) is 8.20. The summed E-state index contributed by atoms with van der Waals surface area (Å²) in [5.74, 6) is 1.45. The number of aryl methyl sites for hydroxylation is 1. The molecule has 1 amide bonds. The van der Waals surface area contributed by atoms with E-state index in [1.807, 2.05) is 66.2 Å². The Kier molecular flexibility index (Phi) is 5.53. The van der Waals surface area contributed by atoms with Gasteiger partial charge < -0.3 is 19.7 Å². The number of amides is 1. The fourth-order valence-corrected chi connectivity index (χ4v) is 2.77. The number of nitrogens with zero attached hydrogens (tertiary/aromatic N) is 2. The van der Waals surface area contributed by atoms with E-state index in [1.54, 1.807) is 12.4 Å². The van der Waals surface area contributed by atoms with Gasteiger partial charge in [-0.15, -0.1) is 0 Å². The summed E-state index contributed by atoms with van der Waals surface area (Å²) in [7, 11) is 1.85. The maximum Gasteiger partial charge on any atom is 0.405 e. The summed E-state index contributed by atoms with van der Waals surface area (Å²) >= 11 is 0. The average Bonchev–Trinajstić information content (AvgIpc) is 3.07. The molecule has 0 aliphatic carbocycles. The summed E-state index contributed by atoms with van der Waals surface area (Å²) in [6.07, 6.45) is 2.90. The van der Waals surface area contributed by atoms with Gasteiger partial charge in [0.2, 0.25) is 0 Å². The number of hydrogen-bond donors (Lipinski definition) is 2. The lowest BCUT2D eigenvalue weighted by atomic mass is 10.1. The van der Waals surface area contributed by atoms with Crippen LogP contribution in [0.15, 0.2) is 67.0 Å². The molecule has 6 heteroatoms. The first-order valence-electron chi connectivity index (χ1n) is 8.34. The predicted octanol–water partition coefficient (Wildman–Crippen LogP) is 3.55. The molecule has 1 atom stereocenters. The normalized spacial score (nSPS) is 11.7. The van der Waals surface area contributed by atoms with Gasteiger partial charge in [-0.1, -0.05) is 42.5 Å². The first-order valence-corrected chi connectivity index (χ1v) is 8.34. The Morgan fingerprint density at radius 1 is 1.15 bits per heavy atom. The quantitative estimate of drug-likeness (QED) is 0.682. The number of ether oxygens (including phenoxy) is 1. The van der Waals surface area contributed by atoms with Crippen molar-refractivity contribution in [1.82, 2.24) is 14.9 Å². The van der Waals surface area contributed by atoms with E-state index in [1.165, 1.54) is 0 Å². The third kappa shape index (κ3) is 4.63. The summed E-state index contributed by atoms with van der Waals surface area (Å²) in [5, 5.41) is 11.6. The first-order chi connectivity index (χ1) is 12.6. The summed E-state index contributed by atoms with van der Waals surface area (Å²) < 4.78 is 7.60. The SMILES string of the molecule is Cn1ccnc1C(Cc1ccc(OCc2ccccc2)cc1)NC(=O)O. The molecule has 2 aromatic carbocycles. The van der Waals surface area contributed by atoms with Gasteiger partial charge in [0.15, 0.2) is 0 Å². The molecule has 0 fully saturated rings. The van der Waals surface area contributed by atoms with Gasteiger partial charge in [-0.2, -0.15) is 0 Å². The Labute approximate surface area is 152 Å². The Balaban J connectivity index is 1.65. The molecule has 3 aromatic rings. The number of rotatable bonds is 7. The van der Waals surface area contributed by atoms with E-state index in [4.69, 9.17) is 9.84 Å². The van der Waals surface area contributed by atoms with Crippen LogP contribution >= 0.6 is 0 Å². The molecule has 0 spiro atoms. The molecule has 0 aliphatic heterocycles. The van der Waals surface area contributed by atoms with E-state index in [2.05, 4.69) is 10.3 Å². The summed E-state index contributed by atoms with van der Waals surface area (Å²) in [6.45, 7) is 0.511. The van der Waals surface area contributed by atoms with E-state index in [9.17, 15) is 4.79 Å². The van der Waals surface area contributed by atoms with Crippen LogP contribution in [0, 0.1) is 0 Å². The lowest BCUT2D eigenvalue weighted by Gasteiger charge is -2.17. The highest BCUT2D eigenvalue weighted by Gasteiger charge is 2.18. The van der Waals surface area contributed by atoms with Crippen LogP contribution in [0.2, 0.25) is 0 Å². The minimum Gasteiger partial charge on any atom is -0.489 e. The van der Waals surface area contributed by atoms with Crippen molar-refractivity contribution in [2.75, 3.05) is 0 Å². The molecule has 134 valence electrons. The third-order valence-electron chi connectivity index (χ3n) is 4.08. The van der Waals surface area contributed by atoms with E-state index < -0.39 is 12.1 Å². The third-order valence-corrected chi connectivity index (χ3v) is 4.08. The monoisotopic (exact) mass is 351 g/mol. The standard InChI is InChI=1S/C20H21N3O3/c1-23-12-11-21-19(23)18(22-20(24)25)13-15-7-9-17(10-8-15)26-14-16-5-3-2-4-6-16/h2-12,18,22H,13-14H2,1H3,(H,24,25). The topological polar surface area (TPSA) is 76.4 Å². The smallest absolute Gasteiger partial charge is 0.405 e. The van der Waals surface area contributed by atoms with Crippen LogP contribution in [0.1, 0.15) is 23.0 Å². The zero-order chi connectivity index (χ0) is 18.4. The molecule has 1 unspecified atom stereocenters. The summed E-state index contributed by atoms with van der Waals surface area (Å²) in [6, 6.07) is 17.2. The van der Waals surface area contributed by atoms with Crippen LogP contribution in [0.5, 0.6) is 5.75 Å². The van der Waals surface area contributed by atoms with Gasteiger partial charge in [0.25, 0.3) is 0 Å². The van der Waals surface area contributed by atoms with Gasteiger partial charge in [-0.05, 0) is 23.3 Å². The Morgan fingerprint density at radius 2 is 1.88 bits per heavy atom. The highest BCUT2D eigenvalue weighted by atomic mass is 16.5. The second-order valence-corrected chi connectivity index (χ2v) is 6.02. The number of aromatic nitrogens is 2. The van der Waals surface area contributed by atoms with E-state index in [0.717, 1.165) is 16.9 Å². The minimum absolute atomic E-state index is 0.413. The largest absolute Gasteiger partial charge is 0.489 e. The predicted molar refractivity (Wildman–Crippen MR) is 98.0 cm³/mol. The molecule has 1 aromatic heterocycles. The summed E-state index contributed by atoms with van der Waals surface area (Å²) in [4.78, 5) is 15.4. The lowest BCUT2D eigenvalue weighted by Crippen LogP contribution is -2.30. The molecule has 0 bridgehead atoms. The average molecular weight is 351 g/mol. The van der Waals surface area contributed by atoms with Gasteiger partial charge >= 0.3 is 6.09 Å². The Hall–Kier alpha value is -3.28. The van der Waals surface area contributed by atoms with Gasteiger partial charge in [0.05, 0.1) is 6.04 Å². The van der Waals surface area contributed by atoms with Crippen molar-refractivity contribution in [1.29, 1.82) is 0 Å². The van der Waals surface area contributed by atoms with Crippen molar-refractivity contribution in [2.24, 2.45) is 7.05 Å². The van der Waals surface area contributed by atoms with Crippen molar-refractivity contribution in [2.45, 2.75) is 19.1 Å². The molecule has 0 saturated heterocycles. The van der Waals surface area contributed by atoms with E-state index in [0.29, 0.717) is 18.9 Å². The van der Waals surface area contributed by atoms with Crippen LogP contribution < -0.4 is 10.1 Å². The fraction of sp³-hybridized carbons (Fsp3) is 0.200.